The summed E-state index contributed by atoms with van der Waals surface area (Å²) >= 11 is 0. The molecule has 0 unspecified atom stereocenters. The van der Waals surface area contributed by atoms with Crippen LogP contribution in [0.1, 0.15) is 22.4 Å². The third-order valence-electron chi connectivity index (χ3n) is 3.49. The summed E-state index contributed by atoms with van der Waals surface area (Å²) in [5.74, 6) is 5.71. The second-order valence-electron chi connectivity index (χ2n) is 4.83. The van der Waals surface area contributed by atoms with E-state index in [1.807, 2.05) is 0 Å². The van der Waals surface area contributed by atoms with Crippen LogP contribution in [0.15, 0.2) is 12.1 Å². The Morgan fingerprint density at radius 1 is 1.33 bits per heavy atom. The molecule has 1 aliphatic heterocycles. The van der Waals surface area contributed by atoms with Crippen LogP contribution in [0.25, 0.3) is 10.9 Å². The number of rotatable bonds is 1. The molecule has 1 aliphatic rings. The number of nitrogen functional groups attached to an aromatic ring is 1. The highest BCUT2D eigenvalue weighted by atomic mass is 16.5. The van der Waals surface area contributed by atoms with Crippen molar-refractivity contribution in [2.75, 3.05) is 12.0 Å². The molecule has 0 spiro atoms. The van der Waals surface area contributed by atoms with Crippen molar-refractivity contribution in [3.8, 4) is 0 Å². The topological polar surface area (TPSA) is 60.2 Å². The lowest BCUT2D eigenvalue weighted by Gasteiger charge is -2.21. The lowest BCUT2D eigenvalue weighted by Crippen LogP contribution is -2.18. The second-order valence-corrected chi connectivity index (χ2v) is 4.83. The standard InChI is InChI=1S/C14H17N3O/c1-8-5-9(2)13-12(6-8)16-11-3-4-18-7-10(11)14(13)17-15/h5-6H,3-4,7,15H2,1-2H3,(H,16,17). The summed E-state index contributed by atoms with van der Waals surface area (Å²) < 4.78 is 5.52. The number of fused-ring (bicyclic) bond motifs is 2. The van der Waals surface area contributed by atoms with Crippen LogP contribution in [-0.2, 0) is 17.8 Å². The van der Waals surface area contributed by atoms with Gasteiger partial charge in [-0.2, -0.15) is 0 Å². The minimum atomic E-state index is 0.588. The molecule has 0 saturated heterocycles. The highest BCUT2D eigenvalue weighted by Crippen LogP contribution is 2.33. The van der Waals surface area contributed by atoms with Crippen molar-refractivity contribution in [1.82, 2.24) is 4.98 Å². The maximum atomic E-state index is 5.71. The summed E-state index contributed by atoms with van der Waals surface area (Å²) in [4.78, 5) is 4.77. The minimum absolute atomic E-state index is 0.588. The van der Waals surface area contributed by atoms with Gasteiger partial charge in [0.05, 0.1) is 30.1 Å². The quantitative estimate of drug-likeness (QED) is 0.595. The smallest absolute Gasteiger partial charge is 0.0755 e. The molecule has 0 atom stereocenters. The highest BCUT2D eigenvalue weighted by molar-refractivity contribution is 5.96. The number of hydrazine groups is 1. The maximum absolute atomic E-state index is 5.71. The van der Waals surface area contributed by atoms with Crippen LogP contribution in [0, 0.1) is 13.8 Å². The molecule has 0 aliphatic carbocycles. The summed E-state index contributed by atoms with van der Waals surface area (Å²) in [5, 5.41) is 1.10. The Hall–Kier alpha value is -1.65. The van der Waals surface area contributed by atoms with E-state index in [0.29, 0.717) is 6.61 Å². The fraction of sp³-hybridized carbons (Fsp3) is 0.357. The van der Waals surface area contributed by atoms with Crippen molar-refractivity contribution < 1.29 is 4.74 Å². The van der Waals surface area contributed by atoms with Crippen molar-refractivity contribution in [2.24, 2.45) is 5.84 Å². The average Bonchev–Trinajstić information content (AvgIpc) is 2.35. The first-order chi connectivity index (χ1) is 8.70. The number of ether oxygens (including phenoxy) is 1. The molecule has 0 amide bonds. The average molecular weight is 243 g/mol. The second kappa shape index (κ2) is 4.23. The Balaban J connectivity index is 2.40. The number of pyridine rings is 1. The van der Waals surface area contributed by atoms with Gasteiger partial charge in [-0.25, -0.2) is 0 Å². The van der Waals surface area contributed by atoms with Gasteiger partial charge in [0.25, 0.3) is 0 Å². The van der Waals surface area contributed by atoms with Crippen LogP contribution in [0.5, 0.6) is 0 Å². The van der Waals surface area contributed by atoms with Gasteiger partial charge in [-0.05, 0) is 31.0 Å². The molecule has 0 radical (unpaired) electrons. The summed E-state index contributed by atoms with van der Waals surface area (Å²) in [6, 6.07) is 4.26. The molecule has 18 heavy (non-hydrogen) atoms. The fourth-order valence-electron chi connectivity index (χ4n) is 2.73. The molecule has 3 N–H and O–H groups in total. The van der Waals surface area contributed by atoms with Crippen molar-refractivity contribution in [1.29, 1.82) is 0 Å². The lowest BCUT2D eigenvalue weighted by atomic mass is 9.99. The van der Waals surface area contributed by atoms with Crippen LogP contribution in [0.4, 0.5) is 5.69 Å². The first-order valence-corrected chi connectivity index (χ1v) is 6.18. The monoisotopic (exact) mass is 243 g/mol. The first kappa shape index (κ1) is 11.4. The van der Waals surface area contributed by atoms with E-state index in [1.165, 1.54) is 11.1 Å². The van der Waals surface area contributed by atoms with Crippen molar-refractivity contribution >= 4 is 16.6 Å². The number of benzene rings is 1. The number of hydrogen-bond acceptors (Lipinski definition) is 4. The van der Waals surface area contributed by atoms with Crippen LogP contribution < -0.4 is 11.3 Å². The van der Waals surface area contributed by atoms with Crippen LogP contribution in [0.3, 0.4) is 0 Å². The predicted octanol–water partition coefficient (Wildman–Crippen LogP) is 2.21. The van der Waals surface area contributed by atoms with Gasteiger partial charge in [0.15, 0.2) is 0 Å². The molecule has 4 heteroatoms. The van der Waals surface area contributed by atoms with Gasteiger partial charge in [0.1, 0.15) is 0 Å². The van der Waals surface area contributed by atoms with Gasteiger partial charge in [0, 0.05) is 17.4 Å². The molecule has 0 bridgehead atoms. The number of nitrogens with one attached hydrogen (secondary N) is 1. The maximum Gasteiger partial charge on any atom is 0.0755 e. The normalized spacial score (nSPS) is 14.6. The molecule has 2 aromatic rings. The molecule has 1 aromatic carbocycles. The number of nitrogens with two attached hydrogens (primary N) is 1. The summed E-state index contributed by atoms with van der Waals surface area (Å²) in [6.07, 6.45) is 0.854. The lowest BCUT2D eigenvalue weighted by molar-refractivity contribution is 0.110. The third-order valence-corrected chi connectivity index (χ3v) is 3.49. The van der Waals surface area contributed by atoms with E-state index in [2.05, 4.69) is 31.4 Å². The van der Waals surface area contributed by atoms with Gasteiger partial charge in [-0.1, -0.05) is 6.07 Å². The molecule has 0 saturated carbocycles. The molecular weight excluding hydrogens is 226 g/mol. The SMILES string of the molecule is Cc1cc(C)c2c(NN)c3c(nc2c1)CCOC3. The van der Waals surface area contributed by atoms with E-state index >= 15 is 0 Å². The number of hydrogen-bond donors (Lipinski definition) is 2. The Kier molecular flexibility index (Phi) is 2.69. The van der Waals surface area contributed by atoms with E-state index < -0.39 is 0 Å². The number of aryl methyl sites for hydroxylation is 2. The zero-order valence-corrected chi connectivity index (χ0v) is 10.7. The van der Waals surface area contributed by atoms with Crippen LogP contribution >= 0.6 is 0 Å². The third kappa shape index (κ3) is 1.65. The van der Waals surface area contributed by atoms with E-state index in [0.717, 1.165) is 40.9 Å². The van der Waals surface area contributed by atoms with E-state index in [1.54, 1.807) is 0 Å². The highest BCUT2D eigenvalue weighted by Gasteiger charge is 2.19. The number of anilines is 1. The van der Waals surface area contributed by atoms with Gasteiger partial charge < -0.3 is 10.2 Å². The Morgan fingerprint density at radius 2 is 2.17 bits per heavy atom. The molecule has 0 fully saturated rings. The van der Waals surface area contributed by atoms with E-state index in [9.17, 15) is 0 Å². The summed E-state index contributed by atoms with van der Waals surface area (Å²) in [5.41, 5.74) is 9.44. The molecule has 1 aromatic heterocycles. The zero-order chi connectivity index (χ0) is 12.7. The van der Waals surface area contributed by atoms with Gasteiger partial charge in [0.2, 0.25) is 0 Å². The molecule has 3 rings (SSSR count). The zero-order valence-electron chi connectivity index (χ0n) is 10.7. The van der Waals surface area contributed by atoms with E-state index in [4.69, 9.17) is 15.6 Å². The van der Waals surface area contributed by atoms with Crippen molar-refractivity contribution in [3.05, 3.63) is 34.5 Å². The minimum Gasteiger partial charge on any atom is -0.376 e. The first-order valence-electron chi connectivity index (χ1n) is 6.18. The summed E-state index contributed by atoms with van der Waals surface area (Å²) in [6.45, 7) is 5.51. The predicted molar refractivity (Wildman–Crippen MR) is 72.4 cm³/mol. The molecular formula is C14H17N3O. The Morgan fingerprint density at radius 3 is 2.94 bits per heavy atom. The number of aromatic nitrogens is 1. The van der Waals surface area contributed by atoms with Gasteiger partial charge in [-0.3, -0.25) is 10.8 Å². The number of nitrogens with zero attached hydrogens (tertiary/aromatic N) is 1. The fourth-order valence-corrected chi connectivity index (χ4v) is 2.73. The van der Waals surface area contributed by atoms with Gasteiger partial charge >= 0.3 is 0 Å². The summed E-state index contributed by atoms with van der Waals surface area (Å²) in [7, 11) is 0. The van der Waals surface area contributed by atoms with Crippen LogP contribution in [-0.4, -0.2) is 11.6 Å². The molecule has 4 nitrogen and oxygen atoms in total. The molecule has 94 valence electrons. The van der Waals surface area contributed by atoms with Crippen molar-refractivity contribution in [3.63, 3.8) is 0 Å². The largest absolute Gasteiger partial charge is 0.376 e. The van der Waals surface area contributed by atoms with E-state index in [-0.39, 0.29) is 0 Å². The molecule has 2 heterocycles. The van der Waals surface area contributed by atoms with Crippen LogP contribution in [0.2, 0.25) is 0 Å². The Labute approximate surface area is 106 Å². The Bertz CT molecular complexity index is 622. The van der Waals surface area contributed by atoms with Gasteiger partial charge in [-0.15, -0.1) is 0 Å². The van der Waals surface area contributed by atoms with Crippen molar-refractivity contribution in [2.45, 2.75) is 26.9 Å².